The van der Waals surface area contributed by atoms with Gasteiger partial charge in [-0.15, -0.1) is 0 Å². The van der Waals surface area contributed by atoms with Gasteiger partial charge in [-0.05, 0) is 38.2 Å². The second-order valence-corrected chi connectivity index (χ2v) is 4.39. The lowest BCUT2D eigenvalue weighted by Gasteiger charge is -2.02. The minimum atomic E-state index is -0.222. The van der Waals surface area contributed by atoms with Crippen molar-refractivity contribution >= 4 is 0 Å². The summed E-state index contributed by atoms with van der Waals surface area (Å²) in [6.45, 7) is 2.96. The highest BCUT2D eigenvalue weighted by Crippen LogP contribution is 2.21. The van der Waals surface area contributed by atoms with E-state index in [1.54, 1.807) is 12.1 Å². The number of rotatable bonds is 4. The van der Waals surface area contributed by atoms with Gasteiger partial charge >= 0.3 is 0 Å². The number of nitrogens with zero attached hydrogens (tertiary/aromatic N) is 2. The number of imidazole rings is 1. The Morgan fingerprint density at radius 2 is 1.94 bits per heavy atom. The summed E-state index contributed by atoms with van der Waals surface area (Å²) >= 11 is 0. The first-order valence-electron chi connectivity index (χ1n) is 6.06. The Labute approximate surface area is 107 Å². The minimum Gasteiger partial charge on any atom is -0.331 e. The van der Waals surface area contributed by atoms with Crippen LogP contribution in [0.15, 0.2) is 24.3 Å². The van der Waals surface area contributed by atoms with E-state index < -0.39 is 0 Å². The standard InChI is InChI=1S/C14H18FN3/c1-10-13(8-9-16-2)17-14(18(10)3)11-4-6-12(15)7-5-11/h4-7,16H,8-9H2,1-3H3. The van der Waals surface area contributed by atoms with Crippen molar-refractivity contribution < 1.29 is 4.39 Å². The average molecular weight is 247 g/mol. The lowest BCUT2D eigenvalue weighted by molar-refractivity contribution is 0.628. The van der Waals surface area contributed by atoms with Gasteiger partial charge in [0.2, 0.25) is 0 Å². The highest BCUT2D eigenvalue weighted by Gasteiger charge is 2.12. The predicted octanol–water partition coefficient (Wildman–Crippen LogP) is 2.30. The first-order valence-corrected chi connectivity index (χ1v) is 6.06. The molecule has 0 spiro atoms. The number of nitrogens with one attached hydrogen (secondary N) is 1. The summed E-state index contributed by atoms with van der Waals surface area (Å²) in [5, 5.41) is 3.12. The predicted molar refractivity (Wildman–Crippen MR) is 71.0 cm³/mol. The largest absolute Gasteiger partial charge is 0.331 e. The van der Waals surface area contributed by atoms with Crippen LogP contribution in [0.1, 0.15) is 11.4 Å². The van der Waals surface area contributed by atoms with Gasteiger partial charge in [0, 0.05) is 31.3 Å². The molecule has 96 valence electrons. The van der Waals surface area contributed by atoms with Gasteiger partial charge in [0.15, 0.2) is 0 Å². The fourth-order valence-corrected chi connectivity index (χ4v) is 1.97. The number of likely N-dealkylation sites (N-methyl/N-ethyl adjacent to an activating group) is 1. The van der Waals surface area contributed by atoms with Gasteiger partial charge in [-0.1, -0.05) is 0 Å². The van der Waals surface area contributed by atoms with Crippen LogP contribution in [0.3, 0.4) is 0 Å². The summed E-state index contributed by atoms with van der Waals surface area (Å²) in [6, 6.07) is 6.46. The Morgan fingerprint density at radius 3 is 2.56 bits per heavy atom. The third-order valence-corrected chi connectivity index (χ3v) is 3.19. The maximum Gasteiger partial charge on any atom is 0.140 e. The number of hydrogen-bond acceptors (Lipinski definition) is 2. The van der Waals surface area contributed by atoms with Gasteiger partial charge in [-0.3, -0.25) is 0 Å². The maximum absolute atomic E-state index is 12.9. The Hall–Kier alpha value is -1.68. The number of benzene rings is 1. The van der Waals surface area contributed by atoms with E-state index in [2.05, 4.69) is 21.8 Å². The zero-order chi connectivity index (χ0) is 13.1. The first kappa shape index (κ1) is 12.8. The van der Waals surface area contributed by atoms with E-state index in [9.17, 15) is 4.39 Å². The molecule has 18 heavy (non-hydrogen) atoms. The van der Waals surface area contributed by atoms with Crippen LogP contribution in [0, 0.1) is 12.7 Å². The van der Waals surface area contributed by atoms with Crippen molar-refractivity contribution in [3.05, 3.63) is 41.5 Å². The van der Waals surface area contributed by atoms with Gasteiger partial charge < -0.3 is 9.88 Å². The Morgan fingerprint density at radius 1 is 1.28 bits per heavy atom. The minimum absolute atomic E-state index is 0.222. The fraction of sp³-hybridized carbons (Fsp3) is 0.357. The Bertz CT molecular complexity index is 529. The zero-order valence-corrected chi connectivity index (χ0v) is 11.0. The molecule has 1 heterocycles. The Balaban J connectivity index is 2.36. The van der Waals surface area contributed by atoms with Crippen LogP contribution in [0.5, 0.6) is 0 Å². The summed E-state index contributed by atoms with van der Waals surface area (Å²) in [6.07, 6.45) is 0.900. The SMILES string of the molecule is CNCCc1nc(-c2ccc(F)cc2)n(C)c1C. The molecule has 0 amide bonds. The quantitative estimate of drug-likeness (QED) is 0.898. The molecule has 0 aliphatic carbocycles. The summed E-state index contributed by atoms with van der Waals surface area (Å²) in [7, 11) is 3.92. The summed E-state index contributed by atoms with van der Waals surface area (Å²) in [4.78, 5) is 4.65. The molecule has 1 N–H and O–H groups in total. The maximum atomic E-state index is 12.9. The monoisotopic (exact) mass is 247 g/mol. The van der Waals surface area contributed by atoms with Crippen LogP contribution < -0.4 is 5.32 Å². The molecule has 0 aliphatic rings. The molecular weight excluding hydrogens is 229 g/mol. The topological polar surface area (TPSA) is 29.9 Å². The van der Waals surface area contributed by atoms with Crippen LogP contribution in [0.4, 0.5) is 4.39 Å². The van der Waals surface area contributed by atoms with Crippen LogP contribution in [-0.4, -0.2) is 23.1 Å². The van der Waals surface area contributed by atoms with E-state index in [0.717, 1.165) is 35.7 Å². The van der Waals surface area contributed by atoms with Gasteiger partial charge in [0.25, 0.3) is 0 Å². The molecule has 3 nitrogen and oxygen atoms in total. The second kappa shape index (κ2) is 5.31. The van der Waals surface area contributed by atoms with E-state index in [1.165, 1.54) is 12.1 Å². The van der Waals surface area contributed by atoms with E-state index in [4.69, 9.17) is 0 Å². The summed E-state index contributed by atoms with van der Waals surface area (Å²) < 4.78 is 15.0. The van der Waals surface area contributed by atoms with Gasteiger partial charge in [-0.2, -0.15) is 0 Å². The lowest BCUT2D eigenvalue weighted by atomic mass is 10.2. The molecule has 2 aromatic rings. The zero-order valence-electron chi connectivity index (χ0n) is 11.0. The normalized spacial score (nSPS) is 10.9. The van der Waals surface area contributed by atoms with Crippen molar-refractivity contribution in [2.45, 2.75) is 13.3 Å². The number of halogens is 1. The van der Waals surface area contributed by atoms with Crippen LogP contribution >= 0.6 is 0 Å². The van der Waals surface area contributed by atoms with Gasteiger partial charge in [0.05, 0.1) is 5.69 Å². The molecule has 0 saturated carbocycles. The van der Waals surface area contributed by atoms with Gasteiger partial charge in [0.1, 0.15) is 11.6 Å². The van der Waals surface area contributed by atoms with Crippen LogP contribution in [0.2, 0.25) is 0 Å². The molecule has 0 bridgehead atoms. The highest BCUT2D eigenvalue weighted by atomic mass is 19.1. The molecule has 0 atom stereocenters. The smallest absolute Gasteiger partial charge is 0.140 e. The van der Waals surface area contributed by atoms with E-state index in [1.807, 2.05) is 14.1 Å². The Kier molecular flexibility index (Phi) is 3.77. The molecule has 0 aliphatic heterocycles. The third kappa shape index (κ3) is 2.43. The summed E-state index contributed by atoms with van der Waals surface area (Å²) in [5.41, 5.74) is 3.19. The highest BCUT2D eigenvalue weighted by molar-refractivity contribution is 5.56. The lowest BCUT2D eigenvalue weighted by Crippen LogP contribution is -2.11. The van der Waals surface area contributed by atoms with Crippen molar-refractivity contribution in [3.63, 3.8) is 0 Å². The van der Waals surface area contributed by atoms with Crippen LogP contribution in [-0.2, 0) is 13.5 Å². The molecule has 0 unspecified atom stereocenters. The van der Waals surface area contributed by atoms with Crippen LogP contribution in [0.25, 0.3) is 11.4 Å². The van der Waals surface area contributed by atoms with E-state index in [0.29, 0.717) is 0 Å². The molecular formula is C14H18FN3. The number of hydrogen-bond donors (Lipinski definition) is 1. The molecule has 1 aromatic carbocycles. The van der Waals surface area contributed by atoms with Crippen molar-refractivity contribution in [3.8, 4) is 11.4 Å². The third-order valence-electron chi connectivity index (χ3n) is 3.19. The van der Waals surface area contributed by atoms with Crippen molar-refractivity contribution in [1.82, 2.24) is 14.9 Å². The van der Waals surface area contributed by atoms with E-state index in [-0.39, 0.29) is 5.82 Å². The van der Waals surface area contributed by atoms with Crippen molar-refractivity contribution in [2.24, 2.45) is 7.05 Å². The molecule has 0 radical (unpaired) electrons. The second-order valence-electron chi connectivity index (χ2n) is 4.39. The first-order chi connectivity index (χ1) is 8.63. The van der Waals surface area contributed by atoms with Crippen molar-refractivity contribution in [1.29, 1.82) is 0 Å². The molecule has 2 rings (SSSR count). The van der Waals surface area contributed by atoms with Gasteiger partial charge in [-0.25, -0.2) is 9.37 Å². The summed E-state index contributed by atoms with van der Waals surface area (Å²) in [5.74, 6) is 0.665. The number of aromatic nitrogens is 2. The molecule has 0 saturated heterocycles. The molecule has 0 fully saturated rings. The molecule has 1 aromatic heterocycles. The molecule has 4 heteroatoms. The van der Waals surface area contributed by atoms with E-state index >= 15 is 0 Å². The average Bonchev–Trinajstić information content (AvgIpc) is 2.65. The fourth-order valence-electron chi connectivity index (χ4n) is 1.97. The van der Waals surface area contributed by atoms with Crippen molar-refractivity contribution in [2.75, 3.05) is 13.6 Å².